The van der Waals surface area contributed by atoms with Crippen LogP contribution in [0.5, 0.6) is 0 Å². The predicted octanol–water partition coefficient (Wildman–Crippen LogP) is 4.66. The molecule has 0 amide bonds. The van der Waals surface area contributed by atoms with Crippen LogP contribution in [0, 0.1) is 5.92 Å². The molecule has 2 aliphatic heterocycles. The van der Waals surface area contributed by atoms with E-state index in [1.54, 1.807) is 0 Å². The van der Waals surface area contributed by atoms with Gasteiger partial charge in [-0.2, -0.15) is 13.2 Å². The lowest BCUT2D eigenvalue weighted by Gasteiger charge is -2.37. The van der Waals surface area contributed by atoms with Gasteiger partial charge in [-0.1, -0.05) is 6.07 Å². The molecule has 2 atom stereocenters. The zero-order valence-electron chi connectivity index (χ0n) is 15.4. The van der Waals surface area contributed by atoms with Gasteiger partial charge in [0.2, 0.25) is 0 Å². The van der Waals surface area contributed by atoms with E-state index in [1.807, 2.05) is 0 Å². The maximum atomic E-state index is 13.1. The molecule has 3 fully saturated rings. The Balaban J connectivity index is 1.53. The maximum Gasteiger partial charge on any atom is 0.416 e. The highest BCUT2D eigenvalue weighted by molar-refractivity contribution is 5.98. The molecule has 0 aromatic heterocycles. The number of carbonyl (C=O) groups is 1. The molecular weight excluding hydrogens is 355 g/mol. The van der Waals surface area contributed by atoms with Crippen LogP contribution < -0.4 is 0 Å². The van der Waals surface area contributed by atoms with E-state index in [2.05, 4.69) is 4.90 Å². The highest BCUT2D eigenvalue weighted by atomic mass is 19.4. The summed E-state index contributed by atoms with van der Waals surface area (Å²) in [5.74, 6) is 0.187. The van der Waals surface area contributed by atoms with Gasteiger partial charge in [-0.3, -0.25) is 9.69 Å². The summed E-state index contributed by atoms with van der Waals surface area (Å²) in [6.45, 7) is 3.43. The molecule has 1 aliphatic carbocycles. The number of hydrogen-bond acceptors (Lipinski definition) is 3. The van der Waals surface area contributed by atoms with Crippen molar-refractivity contribution in [1.29, 1.82) is 0 Å². The summed E-state index contributed by atoms with van der Waals surface area (Å²) in [6, 6.07) is 3.99. The molecule has 4 rings (SSSR count). The molecule has 148 valence electrons. The molecule has 1 aromatic carbocycles. The number of halogens is 3. The first kappa shape index (κ1) is 18.9. The third-order valence-electron chi connectivity index (χ3n) is 6.19. The molecule has 0 N–H and O–H groups in total. The van der Waals surface area contributed by atoms with Crippen molar-refractivity contribution < 1.29 is 22.7 Å². The summed E-state index contributed by atoms with van der Waals surface area (Å²) >= 11 is 0. The van der Waals surface area contributed by atoms with Crippen molar-refractivity contribution in [3.63, 3.8) is 0 Å². The molecule has 2 saturated heterocycles. The number of ketones is 1. The summed E-state index contributed by atoms with van der Waals surface area (Å²) in [6.07, 6.45) is 1.04. The van der Waals surface area contributed by atoms with E-state index in [1.165, 1.54) is 25.0 Å². The standard InChI is InChI=1S/C21H26F3NO2/c22-21(23,24)16-5-6-17(18(12-16)14-3-4-14)20(26)11-15-13-27-10-7-19(15)25-8-1-2-9-25/h5-6,12,14-15,19H,1-4,7-11,13H2/t15-,19-/m0/s1. The van der Waals surface area contributed by atoms with Crippen molar-refractivity contribution in [2.24, 2.45) is 5.92 Å². The first-order valence-corrected chi connectivity index (χ1v) is 9.99. The molecule has 0 spiro atoms. The zero-order valence-corrected chi connectivity index (χ0v) is 15.4. The molecule has 0 radical (unpaired) electrons. The predicted molar refractivity (Wildman–Crippen MR) is 95.9 cm³/mol. The van der Waals surface area contributed by atoms with Gasteiger partial charge in [0.1, 0.15) is 0 Å². The van der Waals surface area contributed by atoms with Crippen molar-refractivity contribution in [1.82, 2.24) is 4.90 Å². The Labute approximate surface area is 157 Å². The second-order valence-corrected chi connectivity index (χ2v) is 8.14. The van der Waals surface area contributed by atoms with Gasteiger partial charge in [-0.25, -0.2) is 0 Å². The van der Waals surface area contributed by atoms with Crippen LogP contribution in [-0.4, -0.2) is 43.0 Å². The number of hydrogen-bond donors (Lipinski definition) is 0. The van der Waals surface area contributed by atoms with Crippen molar-refractivity contribution in [3.8, 4) is 0 Å². The molecule has 27 heavy (non-hydrogen) atoms. The van der Waals surface area contributed by atoms with E-state index in [4.69, 9.17) is 4.74 Å². The normalized spacial score (nSPS) is 27.1. The maximum absolute atomic E-state index is 13.1. The number of Topliss-reactive ketones (excluding diaryl/α,β-unsaturated/α-hetero) is 1. The quantitative estimate of drug-likeness (QED) is 0.695. The minimum atomic E-state index is -4.37. The fraction of sp³-hybridized carbons (Fsp3) is 0.667. The number of rotatable bonds is 5. The van der Waals surface area contributed by atoms with Crippen molar-refractivity contribution >= 4 is 5.78 Å². The number of carbonyl (C=O) groups excluding carboxylic acids is 1. The summed E-state index contributed by atoms with van der Waals surface area (Å²) in [7, 11) is 0. The molecule has 3 aliphatic rings. The van der Waals surface area contributed by atoms with Gasteiger partial charge >= 0.3 is 6.18 Å². The van der Waals surface area contributed by atoms with Gasteiger partial charge in [0.05, 0.1) is 12.2 Å². The molecule has 0 unspecified atom stereocenters. The lowest BCUT2D eigenvalue weighted by atomic mass is 9.86. The summed E-state index contributed by atoms with van der Waals surface area (Å²) in [5.41, 5.74) is 0.414. The molecule has 2 heterocycles. The fourth-order valence-electron chi connectivity index (χ4n) is 4.61. The lowest BCUT2D eigenvalue weighted by Crippen LogP contribution is -2.45. The number of ether oxygens (including phenoxy) is 1. The topological polar surface area (TPSA) is 29.5 Å². The Morgan fingerprint density at radius 3 is 2.56 bits per heavy atom. The number of nitrogens with zero attached hydrogens (tertiary/aromatic N) is 1. The van der Waals surface area contributed by atoms with Gasteiger partial charge in [-0.05, 0) is 68.8 Å². The van der Waals surface area contributed by atoms with Gasteiger partial charge < -0.3 is 4.74 Å². The van der Waals surface area contributed by atoms with Gasteiger partial charge in [0.15, 0.2) is 5.78 Å². The first-order valence-electron chi connectivity index (χ1n) is 9.99. The van der Waals surface area contributed by atoms with Crippen molar-refractivity contribution in [2.75, 3.05) is 26.3 Å². The van der Waals surface area contributed by atoms with Gasteiger partial charge in [-0.15, -0.1) is 0 Å². The Morgan fingerprint density at radius 1 is 1.15 bits per heavy atom. The van der Waals surface area contributed by atoms with E-state index in [9.17, 15) is 18.0 Å². The average Bonchev–Trinajstić information content (AvgIpc) is 3.35. The molecule has 1 saturated carbocycles. The summed E-state index contributed by atoms with van der Waals surface area (Å²) < 4.78 is 44.9. The first-order chi connectivity index (χ1) is 12.9. The second kappa shape index (κ2) is 7.55. The summed E-state index contributed by atoms with van der Waals surface area (Å²) in [4.78, 5) is 15.5. The number of alkyl halides is 3. The Bertz CT molecular complexity index is 693. The number of benzene rings is 1. The van der Waals surface area contributed by atoms with Crippen LogP contribution in [0.25, 0.3) is 0 Å². The fourth-order valence-corrected chi connectivity index (χ4v) is 4.61. The Morgan fingerprint density at radius 2 is 1.89 bits per heavy atom. The molecule has 6 heteroatoms. The van der Waals surface area contributed by atoms with Crippen molar-refractivity contribution in [2.45, 2.75) is 56.7 Å². The molecular formula is C21H26F3NO2. The van der Waals surface area contributed by atoms with Crippen LogP contribution in [-0.2, 0) is 10.9 Å². The van der Waals surface area contributed by atoms with Gasteiger partial charge in [0.25, 0.3) is 0 Å². The third kappa shape index (κ3) is 4.21. The minimum Gasteiger partial charge on any atom is -0.381 e. The highest BCUT2D eigenvalue weighted by Gasteiger charge is 2.37. The smallest absolute Gasteiger partial charge is 0.381 e. The van der Waals surface area contributed by atoms with Crippen molar-refractivity contribution in [3.05, 3.63) is 34.9 Å². The third-order valence-corrected chi connectivity index (χ3v) is 6.19. The molecule has 1 aromatic rings. The van der Waals surface area contributed by atoms with Crippen LogP contribution in [0.1, 0.15) is 65.9 Å². The largest absolute Gasteiger partial charge is 0.416 e. The van der Waals surface area contributed by atoms with E-state index in [-0.39, 0.29) is 17.6 Å². The van der Waals surface area contributed by atoms with Crippen LogP contribution in [0.2, 0.25) is 0 Å². The second-order valence-electron chi connectivity index (χ2n) is 8.14. The van der Waals surface area contributed by atoms with Crippen LogP contribution >= 0.6 is 0 Å². The average molecular weight is 381 g/mol. The SMILES string of the molecule is O=C(C[C@H]1COCC[C@@H]1N1CCCC1)c1ccc(C(F)(F)F)cc1C1CC1. The molecule has 0 bridgehead atoms. The van der Waals surface area contributed by atoms with E-state index in [0.29, 0.717) is 30.2 Å². The lowest BCUT2D eigenvalue weighted by molar-refractivity contribution is -0.137. The minimum absolute atomic E-state index is 0.0367. The van der Waals surface area contributed by atoms with Crippen LogP contribution in [0.4, 0.5) is 13.2 Å². The Kier molecular flexibility index (Phi) is 5.30. The van der Waals surface area contributed by atoms with Crippen LogP contribution in [0.3, 0.4) is 0 Å². The monoisotopic (exact) mass is 381 g/mol. The van der Waals surface area contributed by atoms with E-state index in [0.717, 1.165) is 45.0 Å². The van der Waals surface area contributed by atoms with E-state index >= 15 is 0 Å². The van der Waals surface area contributed by atoms with Crippen LogP contribution in [0.15, 0.2) is 18.2 Å². The Hall–Kier alpha value is -1.40. The van der Waals surface area contributed by atoms with E-state index < -0.39 is 11.7 Å². The zero-order chi connectivity index (χ0) is 19.0. The summed E-state index contributed by atoms with van der Waals surface area (Å²) in [5, 5.41) is 0. The number of likely N-dealkylation sites (tertiary alicyclic amines) is 1. The highest BCUT2D eigenvalue weighted by Crippen LogP contribution is 2.44. The van der Waals surface area contributed by atoms with Gasteiger partial charge in [0, 0.05) is 30.6 Å². The molecule has 3 nitrogen and oxygen atoms in total.